The second kappa shape index (κ2) is 7.89. The normalized spacial score (nSPS) is 13.4. The number of thioether (sulfide) groups is 1. The van der Waals surface area contributed by atoms with Crippen LogP contribution in [0.2, 0.25) is 0 Å². The van der Waals surface area contributed by atoms with Gasteiger partial charge in [0.15, 0.2) is 0 Å². The van der Waals surface area contributed by atoms with E-state index in [1.54, 1.807) is 11.8 Å². The minimum Gasteiger partial charge on any atom is -0.355 e. The van der Waals surface area contributed by atoms with Gasteiger partial charge in [-0.05, 0) is 30.5 Å². The Kier molecular flexibility index (Phi) is 5.88. The van der Waals surface area contributed by atoms with Gasteiger partial charge in [0.2, 0.25) is 5.91 Å². The summed E-state index contributed by atoms with van der Waals surface area (Å²) in [4.78, 5) is 13.3. The summed E-state index contributed by atoms with van der Waals surface area (Å²) in [5.41, 5.74) is 1.25. The number of carbonyl (C=O) groups excluding carboxylic acids is 1. The predicted molar refractivity (Wildman–Crippen MR) is 89.6 cm³/mol. The molecule has 0 aromatic heterocycles. The fraction of sp³-hybridized carbons (Fsp3) is 0.278. The van der Waals surface area contributed by atoms with E-state index in [-0.39, 0.29) is 11.2 Å². The summed E-state index contributed by atoms with van der Waals surface area (Å²) in [5.74, 6) is 0.413. The van der Waals surface area contributed by atoms with Crippen molar-refractivity contribution in [2.75, 3.05) is 6.54 Å². The minimum absolute atomic E-state index is 0.0876. The van der Waals surface area contributed by atoms with E-state index in [1.807, 2.05) is 55.5 Å². The van der Waals surface area contributed by atoms with E-state index >= 15 is 0 Å². The van der Waals surface area contributed by atoms with Crippen molar-refractivity contribution in [3.8, 4) is 0 Å². The largest absolute Gasteiger partial charge is 0.355 e. The van der Waals surface area contributed by atoms with Crippen LogP contribution in [0.25, 0.3) is 0 Å². The first-order valence-corrected chi connectivity index (χ1v) is 8.09. The zero-order chi connectivity index (χ0) is 15.1. The van der Waals surface area contributed by atoms with Crippen LogP contribution in [0, 0.1) is 0 Å². The number of amides is 1. The van der Waals surface area contributed by atoms with Crippen molar-refractivity contribution in [2.24, 2.45) is 0 Å². The fourth-order valence-corrected chi connectivity index (χ4v) is 2.97. The first kappa shape index (κ1) is 15.6. The molecule has 1 amide bonds. The summed E-state index contributed by atoms with van der Waals surface area (Å²) in [5, 5.41) is 2.95. The van der Waals surface area contributed by atoms with Crippen molar-refractivity contribution < 1.29 is 4.79 Å². The van der Waals surface area contributed by atoms with Gasteiger partial charge in [0.05, 0.1) is 5.25 Å². The van der Waals surface area contributed by atoms with Gasteiger partial charge in [0, 0.05) is 11.4 Å². The molecule has 0 saturated carbocycles. The van der Waals surface area contributed by atoms with Crippen LogP contribution in [-0.4, -0.2) is 17.7 Å². The van der Waals surface area contributed by atoms with Gasteiger partial charge < -0.3 is 5.32 Å². The summed E-state index contributed by atoms with van der Waals surface area (Å²) in [6, 6.07) is 20.3. The molecule has 2 aromatic rings. The summed E-state index contributed by atoms with van der Waals surface area (Å²) in [7, 11) is 0. The Morgan fingerprint density at radius 3 is 2.19 bits per heavy atom. The standard InChI is InChI=1S/C18H21NOS/c1-14(16-9-5-3-6-10-16)13-19-18(20)15(2)21-17-11-7-4-8-12-17/h3-12,14-15H,13H2,1-2H3,(H,19,20)/t14-,15-/m0/s1. The fourth-order valence-electron chi connectivity index (χ4n) is 2.05. The Bertz CT molecular complexity index is 556. The SMILES string of the molecule is C[C@H](Sc1ccccc1)C(=O)NC[C@H](C)c1ccccc1. The summed E-state index contributed by atoms with van der Waals surface area (Å²) in [6.45, 7) is 4.74. The highest BCUT2D eigenvalue weighted by Crippen LogP contribution is 2.22. The number of rotatable bonds is 6. The van der Waals surface area contributed by atoms with Crippen LogP contribution < -0.4 is 5.32 Å². The molecule has 1 N–H and O–H groups in total. The van der Waals surface area contributed by atoms with Gasteiger partial charge in [-0.25, -0.2) is 0 Å². The lowest BCUT2D eigenvalue weighted by atomic mass is 10.0. The molecule has 110 valence electrons. The van der Waals surface area contributed by atoms with E-state index in [0.29, 0.717) is 12.5 Å². The maximum absolute atomic E-state index is 12.2. The molecule has 0 bridgehead atoms. The summed E-state index contributed by atoms with van der Waals surface area (Å²) >= 11 is 1.59. The average Bonchev–Trinajstić information content (AvgIpc) is 2.54. The average molecular weight is 299 g/mol. The van der Waals surface area contributed by atoms with Crippen LogP contribution in [-0.2, 0) is 4.79 Å². The number of benzene rings is 2. The van der Waals surface area contributed by atoms with Gasteiger partial charge >= 0.3 is 0 Å². The zero-order valence-corrected chi connectivity index (χ0v) is 13.3. The molecular formula is C18H21NOS. The van der Waals surface area contributed by atoms with Crippen LogP contribution in [0.3, 0.4) is 0 Å². The molecule has 2 nitrogen and oxygen atoms in total. The van der Waals surface area contributed by atoms with Gasteiger partial charge in [-0.2, -0.15) is 0 Å². The van der Waals surface area contributed by atoms with Gasteiger partial charge in [-0.15, -0.1) is 11.8 Å². The van der Waals surface area contributed by atoms with Crippen LogP contribution >= 0.6 is 11.8 Å². The Labute approximate surface area is 131 Å². The highest BCUT2D eigenvalue weighted by atomic mass is 32.2. The molecule has 0 fully saturated rings. The molecule has 2 atom stereocenters. The van der Waals surface area contributed by atoms with Crippen molar-refractivity contribution >= 4 is 17.7 Å². The predicted octanol–water partition coefficient (Wildman–Crippen LogP) is 4.09. The lowest BCUT2D eigenvalue weighted by molar-refractivity contribution is -0.120. The molecule has 2 rings (SSSR count). The number of carbonyl (C=O) groups is 1. The molecule has 0 unspecified atom stereocenters. The quantitative estimate of drug-likeness (QED) is 0.814. The van der Waals surface area contributed by atoms with Gasteiger partial charge in [-0.1, -0.05) is 55.5 Å². The maximum Gasteiger partial charge on any atom is 0.233 e. The number of hydrogen-bond acceptors (Lipinski definition) is 2. The van der Waals surface area contributed by atoms with Crippen molar-refractivity contribution in [1.29, 1.82) is 0 Å². The van der Waals surface area contributed by atoms with E-state index in [0.717, 1.165) is 4.90 Å². The Morgan fingerprint density at radius 2 is 1.57 bits per heavy atom. The topological polar surface area (TPSA) is 29.1 Å². The third-order valence-corrected chi connectivity index (χ3v) is 4.49. The minimum atomic E-state index is -0.0876. The molecule has 0 spiro atoms. The molecule has 0 aliphatic heterocycles. The molecule has 21 heavy (non-hydrogen) atoms. The summed E-state index contributed by atoms with van der Waals surface area (Å²) in [6.07, 6.45) is 0. The second-order valence-corrected chi connectivity index (χ2v) is 6.54. The van der Waals surface area contributed by atoms with E-state index in [4.69, 9.17) is 0 Å². The monoisotopic (exact) mass is 299 g/mol. The summed E-state index contributed by atoms with van der Waals surface area (Å²) < 4.78 is 0. The first-order valence-electron chi connectivity index (χ1n) is 7.21. The third-order valence-electron chi connectivity index (χ3n) is 3.38. The maximum atomic E-state index is 12.2. The molecule has 0 saturated heterocycles. The van der Waals surface area contributed by atoms with Crippen molar-refractivity contribution in [3.63, 3.8) is 0 Å². The Hall–Kier alpha value is -1.74. The number of nitrogens with one attached hydrogen (secondary N) is 1. The molecule has 0 radical (unpaired) electrons. The molecule has 0 aliphatic carbocycles. The molecule has 2 aromatic carbocycles. The van der Waals surface area contributed by atoms with Gasteiger partial charge in [0.25, 0.3) is 0 Å². The van der Waals surface area contributed by atoms with Crippen LogP contribution in [0.4, 0.5) is 0 Å². The molecular weight excluding hydrogens is 278 g/mol. The smallest absolute Gasteiger partial charge is 0.233 e. The van der Waals surface area contributed by atoms with Gasteiger partial charge in [-0.3, -0.25) is 4.79 Å². The third kappa shape index (κ3) is 4.94. The highest BCUT2D eigenvalue weighted by Gasteiger charge is 2.15. The molecule has 3 heteroatoms. The lowest BCUT2D eigenvalue weighted by Crippen LogP contribution is -2.33. The first-order chi connectivity index (χ1) is 10.2. The lowest BCUT2D eigenvalue weighted by Gasteiger charge is -2.16. The van der Waals surface area contributed by atoms with E-state index in [2.05, 4.69) is 24.4 Å². The van der Waals surface area contributed by atoms with Crippen LogP contribution in [0.15, 0.2) is 65.6 Å². The van der Waals surface area contributed by atoms with Crippen molar-refractivity contribution in [2.45, 2.75) is 29.9 Å². The Morgan fingerprint density at radius 1 is 1.00 bits per heavy atom. The van der Waals surface area contributed by atoms with Crippen LogP contribution in [0.1, 0.15) is 25.3 Å². The van der Waals surface area contributed by atoms with Crippen molar-refractivity contribution in [3.05, 3.63) is 66.2 Å². The van der Waals surface area contributed by atoms with E-state index in [9.17, 15) is 4.79 Å². The van der Waals surface area contributed by atoms with Gasteiger partial charge in [0.1, 0.15) is 0 Å². The number of hydrogen-bond donors (Lipinski definition) is 1. The highest BCUT2D eigenvalue weighted by molar-refractivity contribution is 8.00. The van der Waals surface area contributed by atoms with Crippen LogP contribution in [0.5, 0.6) is 0 Å². The Balaban J connectivity index is 1.81. The second-order valence-electron chi connectivity index (χ2n) is 5.13. The molecule has 0 heterocycles. The zero-order valence-electron chi connectivity index (χ0n) is 12.5. The van der Waals surface area contributed by atoms with E-state index < -0.39 is 0 Å². The van der Waals surface area contributed by atoms with Crippen molar-refractivity contribution in [1.82, 2.24) is 5.32 Å². The van der Waals surface area contributed by atoms with E-state index in [1.165, 1.54) is 5.56 Å². The molecule has 0 aliphatic rings.